The predicted octanol–water partition coefficient (Wildman–Crippen LogP) is 22.4. The van der Waals surface area contributed by atoms with E-state index in [1.54, 1.807) is 0 Å². The summed E-state index contributed by atoms with van der Waals surface area (Å²) >= 11 is 0. The smallest absolute Gasteiger partial charge is 0.306 e. The van der Waals surface area contributed by atoms with E-state index in [9.17, 15) is 14.4 Å². The minimum atomic E-state index is -0.793. The molecule has 0 amide bonds. The summed E-state index contributed by atoms with van der Waals surface area (Å²) in [5, 5.41) is 0. The van der Waals surface area contributed by atoms with Gasteiger partial charge < -0.3 is 14.2 Å². The molecule has 6 nitrogen and oxygen atoms in total. The Kier molecular flexibility index (Phi) is 61.8. The molecule has 0 N–H and O–H groups in total. The molecule has 1 atom stereocenters. The van der Waals surface area contributed by atoms with Gasteiger partial charge >= 0.3 is 17.9 Å². The van der Waals surface area contributed by atoms with Crippen molar-refractivity contribution in [1.29, 1.82) is 0 Å². The van der Waals surface area contributed by atoms with E-state index in [-0.39, 0.29) is 31.1 Å². The SMILES string of the molecule is CC/C=C\C/C=C\C/C=C\C/C=C\C/C=C\C/C=C\C/C=C\C/C=C\CCCCC(=O)OCC(COC(=O)CCCCCCCCCC)OC(=O)CCCCCCCCCCCCCCCCCCCCCCCCCC. The van der Waals surface area contributed by atoms with Gasteiger partial charge in [-0.25, -0.2) is 0 Å². The Labute approximate surface area is 477 Å². The van der Waals surface area contributed by atoms with Crippen LogP contribution in [0, 0.1) is 0 Å². The van der Waals surface area contributed by atoms with Crippen molar-refractivity contribution in [3.63, 3.8) is 0 Å². The van der Waals surface area contributed by atoms with Crippen LogP contribution in [0.4, 0.5) is 0 Å². The fourth-order valence-electron chi connectivity index (χ4n) is 9.23. The number of rotatable bonds is 59. The molecule has 0 bridgehead atoms. The highest BCUT2D eigenvalue weighted by atomic mass is 16.6. The number of allylic oxidation sites excluding steroid dienone is 16. The van der Waals surface area contributed by atoms with Gasteiger partial charge in [-0.3, -0.25) is 14.4 Å². The van der Waals surface area contributed by atoms with Crippen LogP contribution >= 0.6 is 0 Å². The second kappa shape index (κ2) is 64.9. The van der Waals surface area contributed by atoms with Crippen LogP contribution in [0.5, 0.6) is 0 Å². The maximum Gasteiger partial charge on any atom is 0.306 e. The van der Waals surface area contributed by atoms with Crippen LogP contribution in [0.15, 0.2) is 97.2 Å². The topological polar surface area (TPSA) is 78.9 Å². The zero-order valence-electron chi connectivity index (χ0n) is 50.7. The van der Waals surface area contributed by atoms with E-state index in [2.05, 4.69) is 118 Å². The van der Waals surface area contributed by atoms with Crippen LogP contribution in [0.1, 0.15) is 316 Å². The van der Waals surface area contributed by atoms with E-state index >= 15 is 0 Å². The monoisotopic (exact) mass is 1070 g/mol. The van der Waals surface area contributed by atoms with Crippen LogP contribution in [0.3, 0.4) is 0 Å². The number of hydrogen-bond acceptors (Lipinski definition) is 6. The first-order valence-corrected chi connectivity index (χ1v) is 32.7. The number of ether oxygens (including phenoxy) is 3. The molecule has 0 aromatic rings. The Morgan fingerprint density at radius 2 is 0.506 bits per heavy atom. The highest BCUT2D eigenvalue weighted by molar-refractivity contribution is 5.71. The van der Waals surface area contributed by atoms with Gasteiger partial charge in [0.2, 0.25) is 0 Å². The van der Waals surface area contributed by atoms with Gasteiger partial charge in [0.1, 0.15) is 13.2 Å². The van der Waals surface area contributed by atoms with Crippen molar-refractivity contribution in [1.82, 2.24) is 0 Å². The second-order valence-corrected chi connectivity index (χ2v) is 21.7. The Morgan fingerprint density at radius 1 is 0.273 bits per heavy atom. The van der Waals surface area contributed by atoms with E-state index in [0.717, 1.165) is 109 Å². The molecule has 0 aliphatic carbocycles. The Balaban J connectivity index is 4.25. The summed E-state index contributed by atoms with van der Waals surface area (Å²) in [7, 11) is 0. The number of carbonyl (C=O) groups excluding carboxylic acids is 3. The maximum absolute atomic E-state index is 12.9. The van der Waals surface area contributed by atoms with Crippen LogP contribution in [0.25, 0.3) is 0 Å². The molecule has 0 saturated heterocycles. The lowest BCUT2D eigenvalue weighted by Crippen LogP contribution is -2.30. The summed E-state index contributed by atoms with van der Waals surface area (Å²) in [4.78, 5) is 38.1. The summed E-state index contributed by atoms with van der Waals surface area (Å²) in [5.74, 6) is -0.927. The average Bonchev–Trinajstić information content (AvgIpc) is 3.43. The lowest BCUT2D eigenvalue weighted by atomic mass is 10.0. The molecule has 0 saturated carbocycles. The van der Waals surface area contributed by atoms with Crippen molar-refractivity contribution in [3.8, 4) is 0 Å². The van der Waals surface area contributed by atoms with Crippen LogP contribution in [-0.4, -0.2) is 37.2 Å². The van der Waals surface area contributed by atoms with Crippen LogP contribution in [0.2, 0.25) is 0 Å². The van der Waals surface area contributed by atoms with Crippen molar-refractivity contribution < 1.29 is 28.6 Å². The van der Waals surface area contributed by atoms with E-state index in [4.69, 9.17) is 14.2 Å². The van der Waals surface area contributed by atoms with Gasteiger partial charge in [0, 0.05) is 19.3 Å². The minimum absolute atomic E-state index is 0.0884. The van der Waals surface area contributed by atoms with E-state index in [1.165, 1.54) is 167 Å². The lowest BCUT2D eigenvalue weighted by molar-refractivity contribution is -0.167. The number of hydrogen-bond donors (Lipinski definition) is 0. The fourth-order valence-corrected chi connectivity index (χ4v) is 9.23. The first-order chi connectivity index (χ1) is 38.0. The van der Waals surface area contributed by atoms with Gasteiger partial charge in [-0.15, -0.1) is 0 Å². The number of unbranched alkanes of at least 4 members (excludes halogenated alkanes) is 32. The summed E-state index contributed by atoms with van der Waals surface area (Å²) in [6.45, 7) is 6.49. The summed E-state index contributed by atoms with van der Waals surface area (Å²) in [6.07, 6.45) is 87.3. The molecule has 0 aromatic heterocycles. The lowest BCUT2D eigenvalue weighted by Gasteiger charge is -2.18. The van der Waals surface area contributed by atoms with E-state index in [1.807, 2.05) is 0 Å². The van der Waals surface area contributed by atoms with E-state index in [0.29, 0.717) is 19.3 Å². The van der Waals surface area contributed by atoms with Crippen LogP contribution < -0.4 is 0 Å². The van der Waals surface area contributed by atoms with Crippen molar-refractivity contribution in [2.24, 2.45) is 0 Å². The number of carbonyl (C=O) groups is 3. The van der Waals surface area contributed by atoms with Crippen LogP contribution in [-0.2, 0) is 28.6 Å². The van der Waals surface area contributed by atoms with Gasteiger partial charge in [0.15, 0.2) is 6.10 Å². The Morgan fingerprint density at radius 3 is 0.792 bits per heavy atom. The van der Waals surface area contributed by atoms with Crippen molar-refractivity contribution in [3.05, 3.63) is 97.2 Å². The standard InChI is InChI=1S/C71H122O6/c1-4-7-10-13-16-19-21-23-25-27-29-31-33-35-36-37-39-40-42-44-46-48-50-52-55-58-61-64-70(73)76-67-68(66-75-69(72)63-60-57-54-18-15-12-9-6-3)77-71(74)65-62-59-56-53-51-49-47-45-43-41-38-34-32-30-28-26-24-22-20-17-14-11-8-5-2/h7,10,16,19,23,25,29,31,35-36,39-40,44,46,50,52,68H,4-6,8-9,11-15,17-18,20-22,24,26-28,30,32-34,37-38,41-43,45,47-49,51,53-67H2,1-3H3/b10-7-,19-16-,25-23-,31-29-,36-35-,40-39-,46-44-,52-50-. The summed E-state index contributed by atoms with van der Waals surface area (Å²) in [5.41, 5.74) is 0. The molecule has 6 heteroatoms. The van der Waals surface area contributed by atoms with Gasteiger partial charge in [-0.1, -0.05) is 311 Å². The quantitative estimate of drug-likeness (QED) is 0.0261. The predicted molar refractivity (Wildman–Crippen MR) is 334 cm³/mol. The molecular formula is C71H122O6. The van der Waals surface area contributed by atoms with E-state index < -0.39 is 6.10 Å². The first kappa shape index (κ1) is 73.3. The molecule has 0 radical (unpaired) electrons. The highest BCUT2D eigenvalue weighted by Gasteiger charge is 2.19. The third-order valence-electron chi connectivity index (χ3n) is 14.1. The zero-order valence-corrected chi connectivity index (χ0v) is 50.7. The molecule has 77 heavy (non-hydrogen) atoms. The van der Waals surface area contributed by atoms with Gasteiger partial charge in [0.25, 0.3) is 0 Å². The van der Waals surface area contributed by atoms with Crippen molar-refractivity contribution in [2.75, 3.05) is 13.2 Å². The molecule has 0 heterocycles. The first-order valence-electron chi connectivity index (χ1n) is 32.7. The van der Waals surface area contributed by atoms with Gasteiger partial charge in [-0.2, -0.15) is 0 Å². The van der Waals surface area contributed by atoms with Gasteiger partial charge in [-0.05, 0) is 83.5 Å². The highest BCUT2D eigenvalue weighted by Crippen LogP contribution is 2.17. The molecule has 442 valence electrons. The average molecular weight is 1070 g/mol. The molecule has 0 aromatic carbocycles. The fraction of sp³-hybridized carbons (Fsp3) is 0.732. The Bertz CT molecular complexity index is 1510. The normalized spacial score (nSPS) is 12.7. The van der Waals surface area contributed by atoms with Crippen molar-refractivity contribution >= 4 is 17.9 Å². The summed E-state index contributed by atoms with van der Waals surface area (Å²) < 4.78 is 16.8. The minimum Gasteiger partial charge on any atom is -0.462 e. The molecule has 1 unspecified atom stereocenters. The molecule has 0 spiro atoms. The molecule has 0 aliphatic heterocycles. The second-order valence-electron chi connectivity index (χ2n) is 21.7. The molecular weight excluding hydrogens is 949 g/mol. The number of esters is 3. The Hall–Kier alpha value is -3.67. The van der Waals surface area contributed by atoms with Gasteiger partial charge in [0.05, 0.1) is 0 Å². The largest absolute Gasteiger partial charge is 0.462 e. The van der Waals surface area contributed by atoms with Crippen molar-refractivity contribution in [2.45, 2.75) is 322 Å². The summed E-state index contributed by atoms with van der Waals surface area (Å²) in [6, 6.07) is 0. The molecule has 0 rings (SSSR count). The third kappa shape index (κ3) is 63.0. The zero-order chi connectivity index (χ0) is 55.7. The maximum atomic E-state index is 12.9. The third-order valence-corrected chi connectivity index (χ3v) is 14.1. The molecule has 0 aliphatic rings. The molecule has 0 fully saturated rings.